The molecule has 0 bridgehead atoms. The van der Waals surface area contributed by atoms with Gasteiger partial charge in [0.05, 0.1) is 10.7 Å². The molecule has 0 heterocycles. The van der Waals surface area contributed by atoms with E-state index in [9.17, 15) is 4.79 Å². The summed E-state index contributed by atoms with van der Waals surface area (Å²) in [5, 5.41) is 5.90. The van der Waals surface area contributed by atoms with Gasteiger partial charge in [-0.2, -0.15) is 0 Å². The molecular weight excluding hydrogens is 216 g/mol. The first-order chi connectivity index (χ1) is 7.24. The number of nitrogens with one attached hydrogen (secondary N) is 2. The van der Waals surface area contributed by atoms with Gasteiger partial charge >= 0.3 is 6.09 Å². The fraction of sp³-hybridized carbons (Fsp3) is 0.300. The molecule has 0 fully saturated rings. The van der Waals surface area contributed by atoms with Crippen LogP contribution in [0.15, 0.2) is 24.3 Å². The molecule has 0 unspecified atom stereocenters. The van der Waals surface area contributed by atoms with E-state index in [0.717, 1.165) is 0 Å². The normalized spacial score (nSPS) is 9.73. The number of para-hydroxylation sites is 1. The highest BCUT2D eigenvalue weighted by Crippen LogP contribution is 2.20. The second-order valence-corrected chi connectivity index (χ2v) is 3.25. The van der Waals surface area contributed by atoms with Gasteiger partial charge in [-0.15, -0.1) is 0 Å². The zero-order chi connectivity index (χ0) is 11.1. The first-order valence-electron chi connectivity index (χ1n) is 4.57. The number of hydrogen-bond acceptors (Lipinski definition) is 3. The van der Waals surface area contributed by atoms with Crippen LogP contribution < -0.4 is 10.6 Å². The minimum absolute atomic E-state index is 0.326. The van der Waals surface area contributed by atoms with Crippen molar-refractivity contribution >= 4 is 23.4 Å². The van der Waals surface area contributed by atoms with Gasteiger partial charge in [0.1, 0.15) is 6.61 Å². The minimum atomic E-state index is -0.502. The smallest absolute Gasteiger partial charge is 0.411 e. The average Bonchev–Trinajstić information content (AvgIpc) is 2.22. The highest BCUT2D eigenvalue weighted by molar-refractivity contribution is 6.33. The molecule has 1 rings (SSSR count). The molecule has 0 aliphatic rings. The summed E-state index contributed by atoms with van der Waals surface area (Å²) in [4.78, 5) is 11.2. The van der Waals surface area contributed by atoms with E-state index in [1.165, 1.54) is 0 Å². The summed E-state index contributed by atoms with van der Waals surface area (Å²) in [6.45, 7) is 0.947. The van der Waals surface area contributed by atoms with Crippen molar-refractivity contribution in [2.45, 2.75) is 0 Å². The van der Waals surface area contributed by atoms with E-state index in [2.05, 4.69) is 10.6 Å². The summed E-state index contributed by atoms with van der Waals surface area (Å²) in [7, 11) is 1.79. The van der Waals surface area contributed by atoms with Crippen LogP contribution in [0, 0.1) is 0 Å². The number of amides is 1. The first kappa shape index (κ1) is 11.8. The third kappa shape index (κ3) is 4.18. The summed E-state index contributed by atoms with van der Waals surface area (Å²) in [6.07, 6.45) is -0.502. The van der Waals surface area contributed by atoms with Gasteiger partial charge in [0.15, 0.2) is 0 Å². The molecule has 0 spiro atoms. The van der Waals surface area contributed by atoms with Crippen molar-refractivity contribution in [3.63, 3.8) is 0 Å². The zero-order valence-corrected chi connectivity index (χ0v) is 9.17. The maximum atomic E-state index is 11.2. The molecule has 1 aromatic rings. The maximum absolute atomic E-state index is 11.2. The lowest BCUT2D eigenvalue weighted by atomic mass is 10.3. The van der Waals surface area contributed by atoms with Crippen LogP contribution in [0.3, 0.4) is 0 Å². The number of rotatable bonds is 4. The lowest BCUT2D eigenvalue weighted by molar-refractivity contribution is 0.163. The van der Waals surface area contributed by atoms with Crippen molar-refractivity contribution in [1.29, 1.82) is 0 Å². The van der Waals surface area contributed by atoms with Gasteiger partial charge in [-0.25, -0.2) is 4.79 Å². The number of likely N-dealkylation sites (N-methyl/N-ethyl adjacent to an activating group) is 1. The summed E-state index contributed by atoms with van der Waals surface area (Å²) < 4.78 is 4.87. The lowest BCUT2D eigenvalue weighted by Gasteiger charge is -2.07. The van der Waals surface area contributed by atoms with Gasteiger partial charge in [0.25, 0.3) is 0 Å². The number of ether oxygens (including phenoxy) is 1. The number of anilines is 1. The van der Waals surface area contributed by atoms with E-state index in [-0.39, 0.29) is 0 Å². The Bertz CT molecular complexity index is 331. The maximum Gasteiger partial charge on any atom is 0.411 e. The molecule has 2 N–H and O–H groups in total. The van der Waals surface area contributed by atoms with Gasteiger partial charge in [-0.05, 0) is 19.2 Å². The van der Waals surface area contributed by atoms with E-state index in [0.29, 0.717) is 23.9 Å². The fourth-order valence-electron chi connectivity index (χ4n) is 0.954. The average molecular weight is 229 g/mol. The van der Waals surface area contributed by atoms with Crippen molar-refractivity contribution in [2.75, 3.05) is 25.5 Å². The van der Waals surface area contributed by atoms with Crippen molar-refractivity contribution in [2.24, 2.45) is 0 Å². The molecule has 0 saturated carbocycles. The molecule has 15 heavy (non-hydrogen) atoms. The molecule has 1 aromatic carbocycles. The van der Waals surface area contributed by atoms with Gasteiger partial charge in [-0.1, -0.05) is 23.7 Å². The van der Waals surface area contributed by atoms with Crippen LogP contribution in [-0.4, -0.2) is 26.3 Å². The molecule has 0 aliphatic carbocycles. The fourth-order valence-corrected chi connectivity index (χ4v) is 1.14. The van der Waals surface area contributed by atoms with E-state index >= 15 is 0 Å². The molecule has 5 heteroatoms. The number of hydrogen-bond donors (Lipinski definition) is 2. The predicted octanol–water partition coefficient (Wildman–Crippen LogP) is 2.11. The van der Waals surface area contributed by atoms with Crippen LogP contribution >= 0.6 is 11.6 Å². The summed E-state index contributed by atoms with van der Waals surface area (Å²) in [5.41, 5.74) is 0.550. The van der Waals surface area contributed by atoms with Crippen LogP contribution in [0.2, 0.25) is 5.02 Å². The monoisotopic (exact) mass is 228 g/mol. The Morgan fingerprint density at radius 2 is 2.20 bits per heavy atom. The Balaban J connectivity index is 2.41. The third-order valence-electron chi connectivity index (χ3n) is 1.70. The Morgan fingerprint density at radius 1 is 1.47 bits per heavy atom. The highest BCUT2D eigenvalue weighted by atomic mass is 35.5. The molecule has 82 valence electrons. The zero-order valence-electron chi connectivity index (χ0n) is 8.42. The molecule has 4 nitrogen and oxygen atoms in total. The van der Waals surface area contributed by atoms with Gasteiger partial charge in [0.2, 0.25) is 0 Å². The number of carbonyl (C=O) groups is 1. The van der Waals surface area contributed by atoms with Crippen LogP contribution in [0.1, 0.15) is 0 Å². The minimum Gasteiger partial charge on any atom is -0.448 e. The number of carbonyl (C=O) groups excluding carboxylic acids is 1. The molecule has 0 aromatic heterocycles. The highest BCUT2D eigenvalue weighted by Gasteiger charge is 2.04. The van der Waals surface area contributed by atoms with Crippen molar-refractivity contribution in [3.05, 3.63) is 29.3 Å². The Hall–Kier alpha value is -1.26. The van der Waals surface area contributed by atoms with Gasteiger partial charge in [-0.3, -0.25) is 5.32 Å². The van der Waals surface area contributed by atoms with Crippen LogP contribution in [0.5, 0.6) is 0 Å². The lowest BCUT2D eigenvalue weighted by Crippen LogP contribution is -2.20. The van der Waals surface area contributed by atoms with Gasteiger partial charge in [0, 0.05) is 6.54 Å². The number of benzene rings is 1. The molecule has 1 amide bonds. The summed E-state index contributed by atoms with van der Waals surface area (Å²) in [5.74, 6) is 0. The van der Waals surface area contributed by atoms with E-state index in [4.69, 9.17) is 16.3 Å². The SMILES string of the molecule is CNCCOC(=O)Nc1ccccc1Cl. The number of halogens is 1. The second-order valence-electron chi connectivity index (χ2n) is 2.84. The first-order valence-corrected chi connectivity index (χ1v) is 4.94. The van der Waals surface area contributed by atoms with Crippen LogP contribution in [0.25, 0.3) is 0 Å². The topological polar surface area (TPSA) is 50.4 Å². The predicted molar refractivity (Wildman–Crippen MR) is 60.3 cm³/mol. The molecule has 0 radical (unpaired) electrons. The third-order valence-corrected chi connectivity index (χ3v) is 2.03. The van der Waals surface area contributed by atoms with E-state index < -0.39 is 6.09 Å². The van der Waals surface area contributed by atoms with Crippen molar-refractivity contribution < 1.29 is 9.53 Å². The Labute approximate surface area is 93.6 Å². The molecule has 0 atom stereocenters. The molecule has 0 saturated heterocycles. The van der Waals surface area contributed by atoms with Crippen molar-refractivity contribution in [1.82, 2.24) is 5.32 Å². The standard InChI is InChI=1S/C10H13ClN2O2/c1-12-6-7-15-10(14)13-9-5-3-2-4-8(9)11/h2-5,12H,6-7H2,1H3,(H,13,14). The van der Waals surface area contributed by atoms with Crippen LogP contribution in [0.4, 0.5) is 10.5 Å². The molecule has 0 aliphatic heterocycles. The Kier molecular flexibility index (Phi) is 4.93. The largest absolute Gasteiger partial charge is 0.448 e. The Morgan fingerprint density at radius 3 is 2.87 bits per heavy atom. The summed E-state index contributed by atoms with van der Waals surface area (Å²) >= 11 is 5.85. The van der Waals surface area contributed by atoms with E-state index in [1.54, 1.807) is 31.3 Å². The van der Waals surface area contributed by atoms with Gasteiger partial charge < -0.3 is 10.1 Å². The van der Waals surface area contributed by atoms with Crippen molar-refractivity contribution in [3.8, 4) is 0 Å². The van der Waals surface area contributed by atoms with Crippen LogP contribution in [-0.2, 0) is 4.74 Å². The second kappa shape index (κ2) is 6.27. The summed E-state index contributed by atoms with van der Waals surface area (Å²) in [6, 6.07) is 6.99. The molecular formula is C10H13ClN2O2. The quantitative estimate of drug-likeness (QED) is 0.776. The van der Waals surface area contributed by atoms with E-state index in [1.807, 2.05) is 0 Å².